The van der Waals surface area contributed by atoms with Crippen LogP contribution in [0.25, 0.3) is 0 Å². The average molecular weight is 308 g/mol. The number of alkyl halides is 1. The van der Waals surface area contributed by atoms with Gasteiger partial charge in [-0.2, -0.15) is 0 Å². The molecule has 15 heavy (non-hydrogen) atoms. The molecule has 0 spiro atoms. The van der Waals surface area contributed by atoms with Gasteiger partial charge in [-0.1, -0.05) is 51.6 Å². The van der Waals surface area contributed by atoms with E-state index in [0.29, 0.717) is 20.8 Å². The van der Waals surface area contributed by atoms with E-state index in [1.807, 2.05) is 12.1 Å². The lowest BCUT2D eigenvalue weighted by Gasteiger charge is -2.26. The Morgan fingerprint density at radius 2 is 1.93 bits per heavy atom. The molecule has 1 aliphatic rings. The van der Waals surface area contributed by atoms with E-state index in [1.54, 1.807) is 0 Å². The highest BCUT2D eigenvalue weighted by Crippen LogP contribution is 2.37. The van der Waals surface area contributed by atoms with Crippen molar-refractivity contribution in [1.82, 2.24) is 0 Å². The van der Waals surface area contributed by atoms with Gasteiger partial charge in [0.2, 0.25) is 0 Å². The fourth-order valence-electron chi connectivity index (χ4n) is 2.20. The zero-order chi connectivity index (χ0) is 10.8. The Labute approximate surface area is 109 Å². The molecule has 1 fully saturated rings. The second-order valence-electron chi connectivity index (χ2n) is 4.13. The smallest absolute Gasteiger partial charge is 0.0595 e. The Hall–Kier alpha value is 0.280. The van der Waals surface area contributed by atoms with Crippen LogP contribution in [-0.2, 0) is 0 Å². The first-order valence-electron chi connectivity index (χ1n) is 5.26. The predicted octanol–water partition coefficient (Wildman–Crippen LogP) is 5.41. The van der Waals surface area contributed by atoms with E-state index in [4.69, 9.17) is 23.2 Å². The summed E-state index contributed by atoms with van der Waals surface area (Å²) in [5.41, 5.74) is 1.33. The van der Waals surface area contributed by atoms with Crippen molar-refractivity contribution in [2.45, 2.75) is 36.4 Å². The third kappa shape index (κ3) is 2.89. The topological polar surface area (TPSA) is 0 Å². The molecule has 2 unspecified atom stereocenters. The van der Waals surface area contributed by atoms with Gasteiger partial charge in [-0.25, -0.2) is 0 Å². The molecule has 0 aromatic heterocycles. The molecule has 1 aliphatic carbocycles. The summed E-state index contributed by atoms with van der Waals surface area (Å²) in [6.45, 7) is 0. The van der Waals surface area contributed by atoms with E-state index < -0.39 is 0 Å². The van der Waals surface area contributed by atoms with E-state index in [1.165, 1.54) is 31.2 Å². The fraction of sp³-hybridized carbons (Fsp3) is 0.500. The fourth-order valence-corrected chi connectivity index (χ4v) is 3.28. The predicted molar refractivity (Wildman–Crippen MR) is 70.4 cm³/mol. The molecule has 0 radical (unpaired) electrons. The van der Waals surface area contributed by atoms with Crippen LogP contribution in [0.2, 0.25) is 10.0 Å². The number of halogens is 3. The molecule has 0 aliphatic heterocycles. The first kappa shape index (κ1) is 11.8. The van der Waals surface area contributed by atoms with Gasteiger partial charge in [0, 0.05) is 4.83 Å². The van der Waals surface area contributed by atoms with Crippen molar-refractivity contribution in [1.29, 1.82) is 0 Å². The monoisotopic (exact) mass is 306 g/mol. The second-order valence-corrected chi connectivity index (χ2v) is 6.24. The molecule has 82 valence electrons. The molecule has 3 heteroatoms. The van der Waals surface area contributed by atoms with E-state index in [9.17, 15) is 0 Å². The summed E-state index contributed by atoms with van der Waals surface area (Å²) in [5, 5.41) is 1.32. The molecule has 0 amide bonds. The maximum atomic E-state index is 6.03. The minimum Gasteiger partial charge on any atom is -0.0890 e. The molecule has 0 heterocycles. The molecule has 0 nitrogen and oxygen atoms in total. The summed E-state index contributed by atoms with van der Waals surface area (Å²) in [6.07, 6.45) is 5.05. The van der Waals surface area contributed by atoms with Crippen molar-refractivity contribution >= 4 is 39.1 Å². The van der Waals surface area contributed by atoms with Crippen LogP contribution in [0.15, 0.2) is 18.2 Å². The van der Waals surface area contributed by atoms with Crippen LogP contribution in [0.3, 0.4) is 0 Å². The van der Waals surface area contributed by atoms with Gasteiger partial charge < -0.3 is 0 Å². The lowest BCUT2D eigenvalue weighted by atomic mass is 9.84. The Kier molecular flexibility index (Phi) is 3.98. The van der Waals surface area contributed by atoms with Crippen LogP contribution in [-0.4, -0.2) is 4.83 Å². The van der Waals surface area contributed by atoms with Gasteiger partial charge in [0.05, 0.1) is 10.0 Å². The zero-order valence-electron chi connectivity index (χ0n) is 8.35. The second kappa shape index (κ2) is 5.07. The Bertz CT molecular complexity index is 351. The molecule has 0 N–H and O–H groups in total. The lowest BCUT2D eigenvalue weighted by Crippen LogP contribution is -2.13. The summed E-state index contributed by atoms with van der Waals surface area (Å²) >= 11 is 15.6. The lowest BCUT2D eigenvalue weighted by molar-refractivity contribution is 0.458. The van der Waals surface area contributed by atoms with Gasteiger partial charge in [0.15, 0.2) is 0 Å². The van der Waals surface area contributed by atoms with Crippen molar-refractivity contribution in [3.63, 3.8) is 0 Å². The first-order valence-corrected chi connectivity index (χ1v) is 6.93. The zero-order valence-corrected chi connectivity index (χ0v) is 11.4. The molecular weight excluding hydrogens is 295 g/mol. The number of benzene rings is 1. The quantitative estimate of drug-likeness (QED) is 0.608. The summed E-state index contributed by atoms with van der Waals surface area (Å²) in [5.74, 6) is 0.637. The number of hydrogen-bond acceptors (Lipinski definition) is 0. The van der Waals surface area contributed by atoms with Crippen molar-refractivity contribution in [2.24, 2.45) is 0 Å². The molecule has 0 saturated heterocycles. The average Bonchev–Trinajstić information content (AvgIpc) is 2.22. The number of hydrogen-bond donors (Lipinski definition) is 0. The molecule has 2 atom stereocenters. The van der Waals surface area contributed by atoms with Crippen molar-refractivity contribution in [3.05, 3.63) is 33.8 Å². The molecule has 1 aromatic rings. The summed E-state index contributed by atoms with van der Waals surface area (Å²) in [7, 11) is 0. The van der Waals surface area contributed by atoms with Gasteiger partial charge >= 0.3 is 0 Å². The first-order chi connectivity index (χ1) is 7.16. The highest BCUT2D eigenvalue weighted by Gasteiger charge is 2.21. The number of rotatable bonds is 1. The van der Waals surface area contributed by atoms with Gasteiger partial charge in [-0.3, -0.25) is 0 Å². The van der Waals surface area contributed by atoms with Crippen molar-refractivity contribution in [3.8, 4) is 0 Å². The maximum absolute atomic E-state index is 6.03. The van der Waals surface area contributed by atoms with Crippen molar-refractivity contribution in [2.75, 3.05) is 0 Å². The van der Waals surface area contributed by atoms with E-state index >= 15 is 0 Å². The van der Waals surface area contributed by atoms with Crippen LogP contribution >= 0.6 is 39.1 Å². The molecule has 1 aromatic carbocycles. The Morgan fingerprint density at radius 1 is 1.13 bits per heavy atom. The van der Waals surface area contributed by atoms with Gasteiger partial charge in [-0.15, -0.1) is 0 Å². The Morgan fingerprint density at radius 3 is 2.60 bits per heavy atom. The third-order valence-corrected chi connectivity index (χ3v) is 4.60. The molecular formula is C12H13BrCl2. The third-order valence-electron chi connectivity index (χ3n) is 3.03. The summed E-state index contributed by atoms with van der Waals surface area (Å²) in [4.78, 5) is 0.658. The Balaban J connectivity index is 2.18. The van der Waals surface area contributed by atoms with E-state index in [0.717, 1.165) is 0 Å². The summed E-state index contributed by atoms with van der Waals surface area (Å²) in [6, 6.07) is 6.01. The van der Waals surface area contributed by atoms with Crippen LogP contribution < -0.4 is 0 Å². The minimum absolute atomic E-state index is 0.637. The van der Waals surface area contributed by atoms with Crippen LogP contribution in [0.5, 0.6) is 0 Å². The van der Waals surface area contributed by atoms with Crippen molar-refractivity contribution < 1.29 is 0 Å². The van der Waals surface area contributed by atoms with Gasteiger partial charge in [-0.05, 0) is 42.9 Å². The van der Waals surface area contributed by atoms with E-state index in [-0.39, 0.29) is 0 Å². The van der Waals surface area contributed by atoms with Crippen LogP contribution in [0, 0.1) is 0 Å². The molecule has 2 rings (SSSR count). The summed E-state index contributed by atoms with van der Waals surface area (Å²) < 4.78 is 0. The highest BCUT2D eigenvalue weighted by atomic mass is 79.9. The SMILES string of the molecule is Clc1ccc(C2CCCC(Br)C2)cc1Cl. The highest BCUT2D eigenvalue weighted by molar-refractivity contribution is 9.09. The molecule has 1 saturated carbocycles. The maximum Gasteiger partial charge on any atom is 0.0595 e. The van der Waals surface area contributed by atoms with Crippen LogP contribution in [0.4, 0.5) is 0 Å². The van der Waals surface area contributed by atoms with Gasteiger partial charge in [0.1, 0.15) is 0 Å². The van der Waals surface area contributed by atoms with Crippen LogP contribution in [0.1, 0.15) is 37.2 Å². The minimum atomic E-state index is 0.637. The molecule has 0 bridgehead atoms. The standard InChI is InChI=1S/C12H13BrCl2/c13-10-3-1-2-8(6-10)9-4-5-11(14)12(15)7-9/h4-5,7-8,10H,1-3,6H2. The van der Waals surface area contributed by atoms with Gasteiger partial charge in [0.25, 0.3) is 0 Å². The van der Waals surface area contributed by atoms with E-state index in [2.05, 4.69) is 22.0 Å². The largest absolute Gasteiger partial charge is 0.0890 e. The normalized spacial score (nSPS) is 26.6.